The lowest BCUT2D eigenvalue weighted by Crippen LogP contribution is -2.42. The van der Waals surface area contributed by atoms with Crippen LogP contribution in [0.2, 0.25) is 0 Å². The number of para-hydroxylation sites is 1. The van der Waals surface area contributed by atoms with Crippen LogP contribution in [0.1, 0.15) is 24.8 Å². The predicted molar refractivity (Wildman–Crippen MR) is 118 cm³/mol. The van der Waals surface area contributed by atoms with Crippen molar-refractivity contribution >= 4 is 29.6 Å². The summed E-state index contributed by atoms with van der Waals surface area (Å²) < 4.78 is 5.36. The zero-order valence-electron chi connectivity index (χ0n) is 18.7. The van der Waals surface area contributed by atoms with Crippen molar-refractivity contribution < 1.29 is 39.3 Å². The molecule has 1 aromatic carbocycles. The second-order valence-corrected chi connectivity index (χ2v) is 7.43. The number of nitrogens with one attached hydrogen (secondary N) is 3. The summed E-state index contributed by atoms with van der Waals surface area (Å²) in [6, 6.07) is 4.78. The number of rotatable bonds is 13. The number of amides is 3. The van der Waals surface area contributed by atoms with Gasteiger partial charge in [-0.15, -0.1) is 0 Å². The van der Waals surface area contributed by atoms with E-state index in [2.05, 4.69) is 20.9 Å². The van der Waals surface area contributed by atoms with Gasteiger partial charge in [-0.2, -0.15) is 0 Å². The summed E-state index contributed by atoms with van der Waals surface area (Å²) >= 11 is 0. The molecular weight excluding hydrogens is 450 g/mol. The summed E-state index contributed by atoms with van der Waals surface area (Å²) in [5.74, 6) is -2.60. The number of benzene rings is 1. The van der Waals surface area contributed by atoms with Crippen LogP contribution >= 0.6 is 0 Å². The molecule has 0 fully saturated rings. The van der Waals surface area contributed by atoms with Gasteiger partial charge in [-0.1, -0.05) is 12.1 Å². The number of carbonyl (C=O) groups excluding carboxylic acids is 3. The first-order chi connectivity index (χ1) is 16.2. The molecule has 0 saturated heterocycles. The molecule has 2 rings (SSSR count). The van der Waals surface area contributed by atoms with Gasteiger partial charge in [0.1, 0.15) is 18.4 Å². The largest absolute Gasteiger partial charge is 0.507 e. The maximum atomic E-state index is 12.2. The number of likely N-dealkylation sites (N-methyl/N-ethyl adjacent to an activating group) is 1. The Morgan fingerprint density at radius 2 is 1.97 bits per heavy atom. The molecule has 1 aliphatic heterocycles. The molecule has 0 spiro atoms. The minimum Gasteiger partial charge on any atom is -0.507 e. The fraction of sp³-hybridized carbons (Fsp3) is 0.476. The minimum absolute atomic E-state index is 0.0277. The number of phenolic OH excluding ortho intramolecular Hbond substituents is 1. The molecule has 1 aromatic rings. The first-order valence-electron chi connectivity index (χ1n) is 10.7. The molecule has 0 saturated carbocycles. The van der Waals surface area contributed by atoms with Crippen LogP contribution in [-0.2, 0) is 23.9 Å². The van der Waals surface area contributed by atoms with Crippen LogP contribution in [-0.4, -0.2) is 95.4 Å². The number of phenols is 1. The van der Waals surface area contributed by atoms with Gasteiger partial charge < -0.3 is 30.9 Å². The Balaban J connectivity index is 1.65. The second kappa shape index (κ2) is 13.1. The fourth-order valence-electron chi connectivity index (χ4n) is 3.06. The van der Waals surface area contributed by atoms with Gasteiger partial charge in [0.2, 0.25) is 23.6 Å². The third-order valence-corrected chi connectivity index (χ3v) is 4.97. The minimum atomic E-state index is -1.02. The van der Waals surface area contributed by atoms with E-state index in [1.165, 1.54) is 13.1 Å². The van der Waals surface area contributed by atoms with Crippen molar-refractivity contribution in [1.29, 1.82) is 0 Å². The molecule has 3 amide bonds. The normalized spacial score (nSPS) is 15.6. The third-order valence-electron chi connectivity index (χ3n) is 4.97. The smallest absolute Gasteiger partial charge is 0.320 e. The van der Waals surface area contributed by atoms with Gasteiger partial charge >= 0.3 is 5.97 Å². The van der Waals surface area contributed by atoms with E-state index in [4.69, 9.17) is 9.84 Å². The first kappa shape index (κ1) is 26.5. The SMILES string of the molecule is CN[C@@H](CCCN(O)C(=O)CCNC(=O)CNC(=O)[C@H]1COC(c2ccccc2O)=N1)C(=O)O. The standard InChI is InChI=1S/C21H29N5O8/c1-22-14(21(31)32)6-4-10-26(33)18(29)8-9-23-17(28)11-24-19(30)15-12-34-20(25-15)13-5-2-3-7-16(13)27/h2-3,5,7,14-15,22,27,33H,4,6,8-12H2,1H3,(H,23,28)(H,24,30)(H,31,32)/t14-,15+/m0/s1. The lowest BCUT2D eigenvalue weighted by molar-refractivity contribution is -0.165. The Morgan fingerprint density at radius 3 is 2.65 bits per heavy atom. The topological polar surface area (TPSA) is 190 Å². The van der Waals surface area contributed by atoms with E-state index in [1.807, 2.05) is 0 Å². The highest BCUT2D eigenvalue weighted by Crippen LogP contribution is 2.20. The molecule has 2 atom stereocenters. The van der Waals surface area contributed by atoms with E-state index < -0.39 is 35.8 Å². The lowest BCUT2D eigenvalue weighted by Gasteiger charge is -2.17. The molecule has 0 radical (unpaired) electrons. The van der Waals surface area contributed by atoms with Crippen molar-refractivity contribution in [2.24, 2.45) is 4.99 Å². The zero-order chi connectivity index (χ0) is 25.1. The number of aliphatic imine (C=N–C) groups is 1. The maximum Gasteiger partial charge on any atom is 0.320 e. The summed E-state index contributed by atoms with van der Waals surface area (Å²) in [4.78, 5) is 51.1. The van der Waals surface area contributed by atoms with Crippen LogP contribution in [0.25, 0.3) is 0 Å². The molecule has 34 heavy (non-hydrogen) atoms. The third kappa shape index (κ3) is 8.01. The molecular formula is C21H29N5O8. The molecule has 13 heteroatoms. The molecule has 0 aliphatic carbocycles. The number of carboxylic acids is 1. The fourth-order valence-corrected chi connectivity index (χ4v) is 3.06. The number of nitrogens with zero attached hydrogens (tertiary/aromatic N) is 2. The quantitative estimate of drug-likeness (QED) is 0.149. The van der Waals surface area contributed by atoms with Gasteiger partial charge in [-0.25, -0.2) is 10.1 Å². The highest BCUT2D eigenvalue weighted by atomic mass is 16.5. The molecule has 1 heterocycles. The van der Waals surface area contributed by atoms with Crippen LogP contribution < -0.4 is 16.0 Å². The van der Waals surface area contributed by atoms with E-state index in [0.717, 1.165) is 0 Å². The van der Waals surface area contributed by atoms with E-state index in [-0.39, 0.29) is 57.2 Å². The maximum absolute atomic E-state index is 12.2. The molecule has 0 aromatic heterocycles. The highest BCUT2D eigenvalue weighted by Gasteiger charge is 2.28. The van der Waals surface area contributed by atoms with Crippen LogP contribution in [0.3, 0.4) is 0 Å². The molecule has 0 bridgehead atoms. The lowest BCUT2D eigenvalue weighted by atomic mass is 10.1. The van der Waals surface area contributed by atoms with Crippen molar-refractivity contribution in [2.75, 3.05) is 33.3 Å². The van der Waals surface area contributed by atoms with Gasteiger partial charge in [0.15, 0.2) is 6.04 Å². The van der Waals surface area contributed by atoms with Crippen LogP contribution in [0.4, 0.5) is 0 Å². The van der Waals surface area contributed by atoms with Crippen LogP contribution in [0, 0.1) is 0 Å². The van der Waals surface area contributed by atoms with Crippen LogP contribution in [0.15, 0.2) is 29.3 Å². The Bertz CT molecular complexity index is 922. The Hall–Kier alpha value is -3.71. The van der Waals surface area contributed by atoms with Crippen LogP contribution in [0.5, 0.6) is 5.75 Å². The molecule has 186 valence electrons. The predicted octanol–water partition coefficient (Wildman–Crippen LogP) is -1.17. The number of hydroxylamine groups is 2. The number of carbonyl (C=O) groups is 4. The number of hydrogen-bond acceptors (Lipinski definition) is 9. The molecule has 0 unspecified atom stereocenters. The summed E-state index contributed by atoms with van der Waals surface area (Å²) in [5, 5.41) is 36.5. The Labute approximate surface area is 195 Å². The Morgan fingerprint density at radius 1 is 1.24 bits per heavy atom. The molecule has 1 aliphatic rings. The van der Waals surface area contributed by atoms with Gasteiger partial charge in [0, 0.05) is 19.5 Å². The first-order valence-corrected chi connectivity index (χ1v) is 10.7. The van der Waals surface area contributed by atoms with Crippen molar-refractivity contribution in [3.05, 3.63) is 29.8 Å². The van der Waals surface area contributed by atoms with E-state index in [1.54, 1.807) is 18.2 Å². The number of carboxylic acid groups (broad SMARTS) is 1. The van der Waals surface area contributed by atoms with E-state index in [9.17, 15) is 29.5 Å². The number of aromatic hydroxyl groups is 1. The average Bonchev–Trinajstić information content (AvgIpc) is 3.30. The Kier molecular flexibility index (Phi) is 10.2. The number of aliphatic carboxylic acids is 1. The summed E-state index contributed by atoms with van der Waals surface area (Å²) in [6.45, 7) is -0.462. The van der Waals surface area contributed by atoms with E-state index >= 15 is 0 Å². The summed E-state index contributed by atoms with van der Waals surface area (Å²) in [6.07, 6.45) is 0.337. The van der Waals surface area contributed by atoms with Gasteiger partial charge in [-0.05, 0) is 32.0 Å². The van der Waals surface area contributed by atoms with Gasteiger partial charge in [0.25, 0.3) is 0 Å². The molecule has 6 N–H and O–H groups in total. The number of hydrogen-bond donors (Lipinski definition) is 6. The highest BCUT2D eigenvalue weighted by molar-refractivity contribution is 6.00. The summed E-state index contributed by atoms with van der Waals surface area (Å²) in [7, 11) is 1.51. The van der Waals surface area contributed by atoms with Crippen molar-refractivity contribution in [3.63, 3.8) is 0 Å². The molecule has 13 nitrogen and oxygen atoms in total. The van der Waals surface area contributed by atoms with Crippen molar-refractivity contribution in [1.82, 2.24) is 21.0 Å². The summed E-state index contributed by atoms with van der Waals surface area (Å²) in [5.41, 5.74) is 0.363. The van der Waals surface area contributed by atoms with Gasteiger partial charge in [-0.3, -0.25) is 24.4 Å². The van der Waals surface area contributed by atoms with Crippen molar-refractivity contribution in [2.45, 2.75) is 31.3 Å². The monoisotopic (exact) mass is 479 g/mol. The zero-order valence-corrected chi connectivity index (χ0v) is 18.7. The van der Waals surface area contributed by atoms with E-state index in [0.29, 0.717) is 10.6 Å². The second-order valence-electron chi connectivity index (χ2n) is 7.43. The average molecular weight is 479 g/mol. The van der Waals surface area contributed by atoms with Crippen molar-refractivity contribution in [3.8, 4) is 5.75 Å². The number of ether oxygens (including phenoxy) is 1. The van der Waals surface area contributed by atoms with Gasteiger partial charge in [0.05, 0.1) is 12.1 Å².